The third kappa shape index (κ3) is 3.81. The fourth-order valence-corrected chi connectivity index (χ4v) is 5.25. The van der Waals surface area contributed by atoms with Gasteiger partial charge in [0.15, 0.2) is 0 Å². The summed E-state index contributed by atoms with van der Waals surface area (Å²) in [6.45, 7) is 1.87. The van der Waals surface area contributed by atoms with E-state index >= 15 is 0 Å². The summed E-state index contributed by atoms with van der Waals surface area (Å²) >= 11 is 0. The summed E-state index contributed by atoms with van der Waals surface area (Å²) in [7, 11) is 1.60. The molecule has 7 heteroatoms. The van der Waals surface area contributed by atoms with Gasteiger partial charge in [-0.15, -0.1) is 0 Å². The van der Waals surface area contributed by atoms with E-state index in [2.05, 4.69) is 10.2 Å². The van der Waals surface area contributed by atoms with E-state index in [-0.39, 0.29) is 24.0 Å². The highest BCUT2D eigenvalue weighted by Gasteiger charge is 2.45. The number of ether oxygens (including phenoxy) is 1. The van der Waals surface area contributed by atoms with Gasteiger partial charge >= 0.3 is 6.09 Å². The predicted molar refractivity (Wildman–Crippen MR) is 105 cm³/mol. The molecular formula is C21H29N3O4. The number of carboxylic acid groups (broad SMARTS) is 1. The summed E-state index contributed by atoms with van der Waals surface area (Å²) in [5.41, 5.74) is 0.615. The number of nitrogens with one attached hydrogen (secondary N) is 1. The van der Waals surface area contributed by atoms with Crippen molar-refractivity contribution in [3.05, 3.63) is 29.8 Å². The van der Waals surface area contributed by atoms with Crippen molar-refractivity contribution < 1.29 is 19.4 Å². The van der Waals surface area contributed by atoms with Crippen molar-refractivity contribution in [3.63, 3.8) is 0 Å². The molecule has 3 aliphatic rings. The molecule has 0 spiro atoms. The quantitative estimate of drug-likeness (QED) is 0.830. The van der Waals surface area contributed by atoms with E-state index in [0.29, 0.717) is 17.4 Å². The summed E-state index contributed by atoms with van der Waals surface area (Å²) in [4.78, 5) is 28.3. The van der Waals surface area contributed by atoms with Crippen molar-refractivity contribution in [2.45, 2.75) is 62.7 Å². The summed E-state index contributed by atoms with van der Waals surface area (Å²) in [6.07, 6.45) is 5.06. The average Bonchev–Trinajstić information content (AvgIpc) is 2.98. The van der Waals surface area contributed by atoms with Crippen LogP contribution in [0.1, 0.15) is 48.9 Å². The van der Waals surface area contributed by atoms with Crippen LogP contribution >= 0.6 is 0 Å². The number of hydrogen-bond acceptors (Lipinski definition) is 4. The third-order valence-electron chi connectivity index (χ3n) is 6.57. The molecule has 3 saturated heterocycles. The number of hydrogen-bond donors (Lipinski definition) is 2. The highest BCUT2D eigenvalue weighted by atomic mass is 16.5. The van der Waals surface area contributed by atoms with Crippen molar-refractivity contribution in [1.82, 2.24) is 15.1 Å². The topological polar surface area (TPSA) is 82.1 Å². The minimum absolute atomic E-state index is 0.0634. The first kappa shape index (κ1) is 19.1. The fraction of sp³-hybridized carbons (Fsp3) is 0.619. The second kappa shape index (κ2) is 7.99. The van der Waals surface area contributed by atoms with Crippen LogP contribution in [0.5, 0.6) is 5.75 Å². The molecule has 3 fully saturated rings. The fourth-order valence-electron chi connectivity index (χ4n) is 5.25. The van der Waals surface area contributed by atoms with E-state index in [1.54, 1.807) is 24.1 Å². The molecule has 3 atom stereocenters. The number of amides is 2. The Morgan fingerprint density at radius 2 is 1.89 bits per heavy atom. The predicted octanol–water partition coefficient (Wildman–Crippen LogP) is 2.56. The lowest BCUT2D eigenvalue weighted by molar-refractivity contribution is 0.0419. The van der Waals surface area contributed by atoms with Crippen molar-refractivity contribution in [2.75, 3.05) is 20.2 Å². The standard InChI is InChI=1S/C21H29N3O4/c1-28-19-6-2-4-14(10-19)20(25)22-15-5-3-9-23(13-15)18-11-16-7-8-17(12-18)24(16)21(26)27/h2,4,6,10,15-18H,3,5,7-9,11-13H2,1H3,(H,22,25)(H,26,27). The van der Waals surface area contributed by atoms with Crippen molar-refractivity contribution >= 4 is 12.0 Å². The van der Waals surface area contributed by atoms with Crippen molar-refractivity contribution in [1.29, 1.82) is 0 Å². The van der Waals surface area contributed by atoms with Gasteiger partial charge in [-0.2, -0.15) is 0 Å². The van der Waals surface area contributed by atoms with Crippen LogP contribution < -0.4 is 10.1 Å². The molecule has 0 radical (unpaired) electrons. The molecule has 1 aromatic carbocycles. The lowest BCUT2D eigenvalue weighted by atomic mass is 9.93. The number of fused-ring (bicyclic) bond motifs is 2. The Bertz CT molecular complexity index is 726. The summed E-state index contributed by atoms with van der Waals surface area (Å²) in [5.74, 6) is 0.616. The van der Waals surface area contributed by atoms with Gasteiger partial charge in [-0.1, -0.05) is 6.07 Å². The molecule has 2 N–H and O–H groups in total. The molecular weight excluding hydrogens is 358 g/mol. The molecule has 3 heterocycles. The van der Waals surface area contributed by atoms with Gasteiger partial charge in [0, 0.05) is 36.3 Å². The van der Waals surface area contributed by atoms with Crippen LogP contribution in [-0.2, 0) is 0 Å². The molecule has 152 valence electrons. The van der Waals surface area contributed by atoms with Crippen LogP contribution in [-0.4, -0.2) is 71.3 Å². The molecule has 0 aromatic heterocycles. The second-order valence-electron chi connectivity index (χ2n) is 8.24. The zero-order valence-corrected chi connectivity index (χ0v) is 16.3. The van der Waals surface area contributed by atoms with Crippen LogP contribution in [0.2, 0.25) is 0 Å². The number of carbonyl (C=O) groups is 2. The Labute approximate surface area is 165 Å². The van der Waals surface area contributed by atoms with E-state index < -0.39 is 6.09 Å². The number of rotatable bonds is 4. The summed E-state index contributed by atoms with van der Waals surface area (Å²) < 4.78 is 5.21. The Morgan fingerprint density at radius 3 is 2.57 bits per heavy atom. The number of carbonyl (C=O) groups excluding carboxylic acids is 1. The minimum atomic E-state index is -0.770. The summed E-state index contributed by atoms with van der Waals surface area (Å²) in [6, 6.07) is 8.09. The molecule has 28 heavy (non-hydrogen) atoms. The molecule has 7 nitrogen and oxygen atoms in total. The monoisotopic (exact) mass is 387 g/mol. The van der Waals surface area contributed by atoms with Crippen LogP contribution in [0.4, 0.5) is 4.79 Å². The van der Waals surface area contributed by atoms with Crippen LogP contribution in [0, 0.1) is 0 Å². The smallest absolute Gasteiger partial charge is 0.407 e. The van der Waals surface area contributed by atoms with Gasteiger partial charge < -0.3 is 20.1 Å². The van der Waals surface area contributed by atoms with Crippen LogP contribution in [0.15, 0.2) is 24.3 Å². The maximum Gasteiger partial charge on any atom is 0.407 e. The Kier molecular flexibility index (Phi) is 5.44. The van der Waals surface area contributed by atoms with E-state index in [1.807, 2.05) is 12.1 Å². The SMILES string of the molecule is COc1cccc(C(=O)NC2CCCN(C3CC4CCC(C3)N4C(=O)O)C2)c1. The maximum absolute atomic E-state index is 12.6. The molecule has 1 aromatic rings. The highest BCUT2D eigenvalue weighted by molar-refractivity contribution is 5.94. The van der Waals surface area contributed by atoms with E-state index in [9.17, 15) is 14.7 Å². The first-order valence-corrected chi connectivity index (χ1v) is 10.3. The number of nitrogens with zero attached hydrogens (tertiary/aromatic N) is 2. The van der Waals surface area contributed by atoms with Gasteiger partial charge in [0.05, 0.1) is 7.11 Å². The Morgan fingerprint density at radius 1 is 1.14 bits per heavy atom. The molecule has 2 amide bonds. The molecule has 4 rings (SSSR count). The van der Waals surface area contributed by atoms with Crippen LogP contribution in [0.25, 0.3) is 0 Å². The lowest BCUT2D eigenvalue weighted by Gasteiger charge is -2.45. The van der Waals surface area contributed by atoms with Crippen LogP contribution in [0.3, 0.4) is 0 Å². The van der Waals surface area contributed by atoms with Gasteiger partial charge in [-0.05, 0) is 63.3 Å². The third-order valence-corrected chi connectivity index (χ3v) is 6.57. The zero-order chi connectivity index (χ0) is 19.7. The minimum Gasteiger partial charge on any atom is -0.497 e. The van der Waals surface area contributed by atoms with Gasteiger partial charge in [0.2, 0.25) is 0 Å². The first-order chi connectivity index (χ1) is 13.5. The second-order valence-corrected chi connectivity index (χ2v) is 8.24. The highest BCUT2D eigenvalue weighted by Crippen LogP contribution is 2.38. The molecule has 0 saturated carbocycles. The Balaban J connectivity index is 1.36. The molecule has 3 unspecified atom stereocenters. The van der Waals surface area contributed by atoms with Gasteiger partial charge in [0.25, 0.3) is 5.91 Å². The average molecular weight is 387 g/mol. The van der Waals surface area contributed by atoms with Gasteiger partial charge in [0.1, 0.15) is 5.75 Å². The Hall–Kier alpha value is -2.28. The lowest BCUT2D eigenvalue weighted by Crippen LogP contribution is -2.56. The molecule has 3 aliphatic heterocycles. The van der Waals surface area contributed by atoms with E-state index in [4.69, 9.17) is 4.74 Å². The number of likely N-dealkylation sites (tertiary alicyclic amines) is 1. The van der Waals surface area contributed by atoms with Gasteiger partial charge in [-0.25, -0.2) is 4.79 Å². The van der Waals surface area contributed by atoms with Crippen molar-refractivity contribution in [3.8, 4) is 5.75 Å². The van der Waals surface area contributed by atoms with Gasteiger partial charge in [-0.3, -0.25) is 9.69 Å². The zero-order valence-electron chi connectivity index (χ0n) is 16.3. The van der Waals surface area contributed by atoms with E-state index in [0.717, 1.165) is 51.6 Å². The number of benzene rings is 1. The largest absolute Gasteiger partial charge is 0.497 e. The number of piperidine rings is 2. The molecule has 2 bridgehead atoms. The normalized spacial score (nSPS) is 30.1. The van der Waals surface area contributed by atoms with E-state index in [1.165, 1.54) is 0 Å². The van der Waals surface area contributed by atoms with Crippen molar-refractivity contribution in [2.24, 2.45) is 0 Å². The molecule has 0 aliphatic carbocycles. The first-order valence-electron chi connectivity index (χ1n) is 10.3. The summed E-state index contributed by atoms with van der Waals surface area (Å²) in [5, 5.41) is 12.6. The number of methoxy groups -OCH3 is 1. The maximum atomic E-state index is 12.6.